The quantitative estimate of drug-likeness (QED) is 0.130. The van der Waals surface area contributed by atoms with E-state index < -0.39 is 17.8 Å². The Morgan fingerprint density at radius 2 is 1.56 bits per heavy atom. The number of rotatable bonds is 7. The van der Waals surface area contributed by atoms with Gasteiger partial charge in [0.15, 0.2) is 0 Å². The van der Waals surface area contributed by atoms with Crippen molar-refractivity contribution >= 4 is 40.5 Å². The Morgan fingerprint density at radius 3 is 2.25 bits per heavy atom. The summed E-state index contributed by atoms with van der Waals surface area (Å²) in [7, 11) is 1.54. The van der Waals surface area contributed by atoms with Gasteiger partial charge in [0, 0.05) is 5.56 Å². The molecule has 1 aromatic heterocycles. The SMILES string of the molecule is COc1ccc(C(=O)Oc2ccc(/C=N/NC(=O)C(=O)Nc3nnc(-c4ccccc4)s3)cc2)cc1. The van der Waals surface area contributed by atoms with Crippen LogP contribution in [0.2, 0.25) is 0 Å². The molecular formula is C25H19N5O5S. The fourth-order valence-corrected chi connectivity index (χ4v) is 3.60. The van der Waals surface area contributed by atoms with Crippen LogP contribution in [0.1, 0.15) is 15.9 Å². The van der Waals surface area contributed by atoms with E-state index in [-0.39, 0.29) is 5.13 Å². The minimum absolute atomic E-state index is 0.192. The van der Waals surface area contributed by atoms with Gasteiger partial charge in [-0.05, 0) is 54.1 Å². The van der Waals surface area contributed by atoms with E-state index in [4.69, 9.17) is 9.47 Å². The van der Waals surface area contributed by atoms with Crippen LogP contribution >= 0.6 is 11.3 Å². The number of carbonyl (C=O) groups excluding carboxylic acids is 3. The van der Waals surface area contributed by atoms with Gasteiger partial charge in [0.2, 0.25) is 5.13 Å². The van der Waals surface area contributed by atoms with Gasteiger partial charge in [-0.15, -0.1) is 10.2 Å². The topological polar surface area (TPSA) is 132 Å². The van der Waals surface area contributed by atoms with Crippen molar-refractivity contribution in [1.29, 1.82) is 0 Å². The first kappa shape index (κ1) is 24.2. The molecule has 4 aromatic rings. The lowest BCUT2D eigenvalue weighted by Gasteiger charge is -2.05. The monoisotopic (exact) mass is 501 g/mol. The number of anilines is 1. The summed E-state index contributed by atoms with van der Waals surface area (Å²) in [5, 5.41) is 14.9. The molecule has 0 radical (unpaired) electrons. The molecule has 0 aliphatic rings. The minimum atomic E-state index is -0.965. The largest absolute Gasteiger partial charge is 0.497 e. The number of methoxy groups -OCH3 is 1. The zero-order valence-electron chi connectivity index (χ0n) is 18.9. The molecule has 0 aliphatic heterocycles. The summed E-state index contributed by atoms with van der Waals surface area (Å²) in [6, 6.07) is 22.3. The molecule has 0 spiro atoms. The fourth-order valence-electron chi connectivity index (χ4n) is 2.86. The normalized spacial score (nSPS) is 10.6. The van der Waals surface area contributed by atoms with E-state index in [1.54, 1.807) is 55.6 Å². The molecule has 0 saturated heterocycles. The maximum absolute atomic E-state index is 12.2. The van der Waals surface area contributed by atoms with Crippen molar-refractivity contribution in [2.75, 3.05) is 12.4 Å². The summed E-state index contributed by atoms with van der Waals surface area (Å²) in [4.78, 5) is 36.3. The molecule has 2 amide bonds. The highest BCUT2D eigenvalue weighted by atomic mass is 32.1. The fraction of sp³-hybridized carbons (Fsp3) is 0.0400. The summed E-state index contributed by atoms with van der Waals surface area (Å²) in [5.74, 6) is -1.43. The van der Waals surface area contributed by atoms with Crippen LogP contribution < -0.4 is 20.2 Å². The molecule has 36 heavy (non-hydrogen) atoms. The number of amides is 2. The lowest BCUT2D eigenvalue weighted by Crippen LogP contribution is -2.32. The molecule has 0 bridgehead atoms. The van der Waals surface area contributed by atoms with Crippen LogP contribution in [0.4, 0.5) is 5.13 Å². The lowest BCUT2D eigenvalue weighted by atomic mass is 10.2. The number of esters is 1. The number of benzene rings is 3. The van der Waals surface area contributed by atoms with E-state index >= 15 is 0 Å². The molecule has 10 nitrogen and oxygen atoms in total. The Bertz CT molecular complexity index is 1390. The summed E-state index contributed by atoms with van der Waals surface area (Å²) >= 11 is 1.14. The third-order valence-electron chi connectivity index (χ3n) is 4.67. The zero-order valence-corrected chi connectivity index (χ0v) is 19.7. The highest BCUT2D eigenvalue weighted by Gasteiger charge is 2.16. The minimum Gasteiger partial charge on any atom is -0.497 e. The molecule has 0 fully saturated rings. The number of aromatic nitrogens is 2. The van der Waals surface area contributed by atoms with Crippen LogP contribution in [0.25, 0.3) is 10.6 Å². The molecule has 0 unspecified atom stereocenters. The number of hydrazone groups is 1. The Morgan fingerprint density at radius 1 is 0.861 bits per heavy atom. The van der Waals surface area contributed by atoms with E-state index in [2.05, 4.69) is 26.0 Å². The first-order valence-corrected chi connectivity index (χ1v) is 11.3. The highest BCUT2D eigenvalue weighted by Crippen LogP contribution is 2.25. The van der Waals surface area contributed by atoms with Crippen LogP contribution in [-0.2, 0) is 9.59 Å². The molecule has 0 atom stereocenters. The van der Waals surface area contributed by atoms with Crippen molar-refractivity contribution in [1.82, 2.24) is 15.6 Å². The lowest BCUT2D eigenvalue weighted by molar-refractivity contribution is -0.136. The summed E-state index contributed by atoms with van der Waals surface area (Å²) in [6.07, 6.45) is 1.35. The summed E-state index contributed by atoms with van der Waals surface area (Å²) in [6.45, 7) is 0. The van der Waals surface area contributed by atoms with Crippen molar-refractivity contribution in [3.8, 4) is 22.1 Å². The van der Waals surface area contributed by atoms with Gasteiger partial charge in [-0.3, -0.25) is 14.9 Å². The van der Waals surface area contributed by atoms with E-state index in [1.807, 2.05) is 30.3 Å². The number of nitrogens with zero attached hydrogens (tertiary/aromatic N) is 3. The van der Waals surface area contributed by atoms with Crippen molar-refractivity contribution in [2.24, 2.45) is 5.10 Å². The smallest absolute Gasteiger partial charge is 0.343 e. The van der Waals surface area contributed by atoms with Crippen LogP contribution in [-0.4, -0.2) is 41.3 Å². The van der Waals surface area contributed by atoms with Gasteiger partial charge in [0.1, 0.15) is 16.5 Å². The number of ether oxygens (including phenoxy) is 2. The van der Waals surface area contributed by atoms with Gasteiger partial charge in [-0.25, -0.2) is 10.2 Å². The molecule has 0 saturated carbocycles. The van der Waals surface area contributed by atoms with E-state index in [0.29, 0.717) is 27.6 Å². The molecule has 180 valence electrons. The average Bonchev–Trinajstić information content (AvgIpc) is 3.38. The third-order valence-corrected chi connectivity index (χ3v) is 5.56. The van der Waals surface area contributed by atoms with Crippen molar-refractivity contribution in [2.45, 2.75) is 0 Å². The number of nitrogens with one attached hydrogen (secondary N) is 2. The van der Waals surface area contributed by atoms with E-state index in [1.165, 1.54) is 6.21 Å². The molecule has 3 aromatic carbocycles. The van der Waals surface area contributed by atoms with E-state index in [0.717, 1.165) is 16.9 Å². The maximum Gasteiger partial charge on any atom is 0.343 e. The van der Waals surface area contributed by atoms with E-state index in [9.17, 15) is 14.4 Å². The van der Waals surface area contributed by atoms with Gasteiger partial charge in [-0.1, -0.05) is 41.7 Å². The van der Waals surface area contributed by atoms with Gasteiger partial charge in [-0.2, -0.15) is 5.10 Å². The van der Waals surface area contributed by atoms with Crippen LogP contribution in [0, 0.1) is 0 Å². The molecule has 0 aliphatic carbocycles. The Kier molecular flexibility index (Phi) is 7.73. The van der Waals surface area contributed by atoms with Crippen molar-refractivity contribution < 1.29 is 23.9 Å². The van der Waals surface area contributed by atoms with Crippen LogP contribution in [0.5, 0.6) is 11.5 Å². The Balaban J connectivity index is 1.26. The third kappa shape index (κ3) is 6.36. The Hall–Kier alpha value is -4.90. The van der Waals surface area contributed by atoms with Crippen LogP contribution in [0.15, 0.2) is 84.0 Å². The second-order valence-corrected chi connectivity index (χ2v) is 8.10. The maximum atomic E-state index is 12.2. The second-order valence-electron chi connectivity index (χ2n) is 7.12. The standard InChI is InChI=1S/C25H19N5O5S/c1-34-19-13-9-18(10-14-19)24(33)35-20-11-7-16(8-12-20)15-26-28-22(32)21(31)27-25-30-29-23(36-25)17-5-3-2-4-6-17/h2-15H,1H3,(H,28,32)(H,27,30,31)/b26-15+. The van der Waals surface area contributed by atoms with Crippen LogP contribution in [0.3, 0.4) is 0 Å². The first-order chi connectivity index (χ1) is 17.5. The predicted octanol–water partition coefficient (Wildman–Crippen LogP) is 3.52. The molecule has 4 rings (SSSR count). The first-order valence-electron chi connectivity index (χ1n) is 10.5. The van der Waals surface area contributed by atoms with Gasteiger partial charge < -0.3 is 9.47 Å². The van der Waals surface area contributed by atoms with Gasteiger partial charge in [0.05, 0.1) is 18.9 Å². The van der Waals surface area contributed by atoms with Crippen molar-refractivity contribution in [3.05, 3.63) is 90.0 Å². The number of hydrogen-bond acceptors (Lipinski definition) is 9. The molecular weight excluding hydrogens is 482 g/mol. The zero-order chi connectivity index (χ0) is 25.3. The average molecular weight is 502 g/mol. The number of hydrogen-bond donors (Lipinski definition) is 2. The van der Waals surface area contributed by atoms with Gasteiger partial charge >= 0.3 is 17.8 Å². The number of carbonyl (C=O) groups is 3. The summed E-state index contributed by atoms with van der Waals surface area (Å²) in [5.41, 5.74) is 3.99. The molecule has 11 heteroatoms. The molecule has 2 N–H and O–H groups in total. The predicted molar refractivity (Wildman–Crippen MR) is 134 cm³/mol. The summed E-state index contributed by atoms with van der Waals surface area (Å²) < 4.78 is 10.4. The second kappa shape index (κ2) is 11.5. The highest BCUT2D eigenvalue weighted by molar-refractivity contribution is 7.18. The Labute approximate surface area is 209 Å². The van der Waals surface area contributed by atoms with Gasteiger partial charge in [0.25, 0.3) is 0 Å². The van der Waals surface area contributed by atoms with Crippen molar-refractivity contribution in [3.63, 3.8) is 0 Å². The molecule has 1 heterocycles.